The van der Waals surface area contributed by atoms with Crippen LogP contribution in [0.25, 0.3) is 11.0 Å². The summed E-state index contributed by atoms with van der Waals surface area (Å²) < 4.78 is 10.6. The second kappa shape index (κ2) is 8.94. The molecule has 1 amide bonds. The van der Waals surface area contributed by atoms with Gasteiger partial charge >= 0.3 is 0 Å². The van der Waals surface area contributed by atoms with Crippen LogP contribution in [0.1, 0.15) is 35.7 Å². The molecule has 0 saturated carbocycles. The molecule has 158 valence electrons. The number of amides is 1. The molecule has 0 unspecified atom stereocenters. The van der Waals surface area contributed by atoms with Gasteiger partial charge in [-0.25, -0.2) is 15.0 Å². The molecular formula is C22H27N5O3. The average Bonchev–Trinajstić information content (AvgIpc) is 2.73. The van der Waals surface area contributed by atoms with Crippen molar-refractivity contribution in [3.05, 3.63) is 41.3 Å². The van der Waals surface area contributed by atoms with Gasteiger partial charge in [0.2, 0.25) is 5.82 Å². The van der Waals surface area contributed by atoms with E-state index in [9.17, 15) is 4.79 Å². The van der Waals surface area contributed by atoms with Crippen molar-refractivity contribution in [2.75, 3.05) is 37.5 Å². The number of methoxy groups -OCH3 is 2. The van der Waals surface area contributed by atoms with E-state index in [-0.39, 0.29) is 5.82 Å². The number of nitrogens with zero attached hydrogens (tertiary/aromatic N) is 4. The van der Waals surface area contributed by atoms with Gasteiger partial charge in [0.1, 0.15) is 17.3 Å². The summed E-state index contributed by atoms with van der Waals surface area (Å²) >= 11 is 0. The molecule has 1 aromatic carbocycles. The summed E-state index contributed by atoms with van der Waals surface area (Å²) in [5.41, 5.74) is 2.85. The lowest BCUT2D eigenvalue weighted by atomic mass is 10.1. The summed E-state index contributed by atoms with van der Waals surface area (Å²) in [7, 11) is 3.10. The van der Waals surface area contributed by atoms with Crippen LogP contribution in [-0.2, 0) is 0 Å². The molecule has 3 rings (SSSR count). The van der Waals surface area contributed by atoms with E-state index in [0.717, 1.165) is 29.7 Å². The molecule has 0 atom stereocenters. The summed E-state index contributed by atoms with van der Waals surface area (Å²) in [6.07, 6.45) is 0. The third-order valence-electron chi connectivity index (χ3n) is 4.89. The van der Waals surface area contributed by atoms with E-state index in [4.69, 9.17) is 9.47 Å². The van der Waals surface area contributed by atoms with Gasteiger partial charge in [0.05, 0.1) is 25.3 Å². The number of ether oxygens (including phenoxy) is 2. The van der Waals surface area contributed by atoms with Gasteiger partial charge in [0.15, 0.2) is 5.65 Å². The average molecular weight is 409 g/mol. The molecule has 8 heteroatoms. The van der Waals surface area contributed by atoms with E-state index in [1.54, 1.807) is 25.3 Å². The lowest BCUT2D eigenvalue weighted by molar-refractivity contribution is 0.101. The minimum atomic E-state index is -0.446. The highest BCUT2D eigenvalue weighted by atomic mass is 16.5. The van der Waals surface area contributed by atoms with Crippen LogP contribution in [0.3, 0.4) is 0 Å². The van der Waals surface area contributed by atoms with Crippen LogP contribution in [0.2, 0.25) is 0 Å². The van der Waals surface area contributed by atoms with Gasteiger partial charge in [-0.2, -0.15) is 0 Å². The Kier molecular flexibility index (Phi) is 6.34. The van der Waals surface area contributed by atoms with Crippen molar-refractivity contribution < 1.29 is 14.3 Å². The normalized spacial score (nSPS) is 10.7. The SMILES string of the molecule is CCN(CC)c1nc(C(=O)Nc2cc(OC)ccc2OC)nc2nc(C)cc(C)c12. The molecule has 0 aliphatic heterocycles. The van der Waals surface area contributed by atoms with Crippen molar-refractivity contribution in [3.63, 3.8) is 0 Å². The standard InChI is InChI=1S/C22H27N5O3/c1-7-27(8-2)21-18-13(3)11-14(4)23-19(18)25-20(26-21)22(28)24-16-12-15(29-5)9-10-17(16)30-6/h9-12H,7-8H2,1-6H3,(H,24,28). The van der Waals surface area contributed by atoms with Gasteiger partial charge in [-0.3, -0.25) is 4.79 Å². The number of pyridine rings is 1. The fourth-order valence-electron chi connectivity index (χ4n) is 3.40. The maximum Gasteiger partial charge on any atom is 0.293 e. The molecule has 0 bridgehead atoms. The number of carbonyl (C=O) groups is 1. The number of nitrogens with one attached hydrogen (secondary N) is 1. The second-order valence-corrected chi connectivity index (χ2v) is 6.84. The van der Waals surface area contributed by atoms with Gasteiger partial charge in [-0.1, -0.05) is 0 Å². The van der Waals surface area contributed by atoms with Crippen molar-refractivity contribution in [1.29, 1.82) is 0 Å². The minimum Gasteiger partial charge on any atom is -0.497 e. The number of hydrogen-bond acceptors (Lipinski definition) is 7. The van der Waals surface area contributed by atoms with Crippen molar-refractivity contribution in [2.24, 2.45) is 0 Å². The Morgan fingerprint density at radius 1 is 1.03 bits per heavy atom. The summed E-state index contributed by atoms with van der Waals surface area (Å²) in [6, 6.07) is 7.18. The zero-order valence-corrected chi connectivity index (χ0v) is 18.2. The van der Waals surface area contributed by atoms with Crippen LogP contribution in [0.4, 0.5) is 11.5 Å². The zero-order chi connectivity index (χ0) is 21.8. The van der Waals surface area contributed by atoms with Crippen molar-refractivity contribution in [2.45, 2.75) is 27.7 Å². The van der Waals surface area contributed by atoms with Gasteiger partial charge in [0.25, 0.3) is 5.91 Å². The Balaban J connectivity index is 2.11. The van der Waals surface area contributed by atoms with Crippen LogP contribution < -0.4 is 19.7 Å². The fourth-order valence-corrected chi connectivity index (χ4v) is 3.40. The smallest absolute Gasteiger partial charge is 0.293 e. The Labute approximate surface area is 176 Å². The van der Waals surface area contributed by atoms with E-state index >= 15 is 0 Å². The number of fused-ring (bicyclic) bond motifs is 1. The molecule has 1 N–H and O–H groups in total. The molecular weight excluding hydrogens is 382 g/mol. The van der Waals surface area contributed by atoms with E-state index < -0.39 is 5.91 Å². The molecule has 2 heterocycles. The van der Waals surface area contributed by atoms with E-state index in [0.29, 0.717) is 28.7 Å². The van der Waals surface area contributed by atoms with Gasteiger partial charge in [-0.05, 0) is 51.5 Å². The molecule has 0 saturated heterocycles. The first-order valence-electron chi connectivity index (χ1n) is 9.86. The highest BCUT2D eigenvalue weighted by Gasteiger charge is 2.20. The van der Waals surface area contributed by atoms with Gasteiger partial charge < -0.3 is 19.7 Å². The summed E-state index contributed by atoms with van der Waals surface area (Å²) in [6.45, 7) is 9.52. The van der Waals surface area contributed by atoms with Crippen LogP contribution in [0, 0.1) is 13.8 Å². The molecule has 8 nitrogen and oxygen atoms in total. The number of benzene rings is 1. The highest BCUT2D eigenvalue weighted by molar-refractivity contribution is 6.04. The van der Waals surface area contributed by atoms with Crippen LogP contribution in [0.15, 0.2) is 24.3 Å². The summed E-state index contributed by atoms with van der Waals surface area (Å²) in [4.78, 5) is 28.8. The lowest BCUT2D eigenvalue weighted by Gasteiger charge is -2.22. The molecule has 0 aliphatic rings. The molecule has 2 aromatic heterocycles. The van der Waals surface area contributed by atoms with E-state index in [1.165, 1.54) is 7.11 Å². The van der Waals surface area contributed by atoms with Crippen LogP contribution in [0.5, 0.6) is 11.5 Å². The van der Waals surface area contributed by atoms with Crippen molar-refractivity contribution >= 4 is 28.4 Å². The number of rotatable bonds is 7. The predicted molar refractivity (Wildman–Crippen MR) is 118 cm³/mol. The van der Waals surface area contributed by atoms with E-state index in [1.807, 2.05) is 19.9 Å². The molecule has 0 radical (unpaired) electrons. The quantitative estimate of drug-likeness (QED) is 0.635. The molecule has 0 fully saturated rings. The number of anilines is 2. The van der Waals surface area contributed by atoms with Gasteiger partial charge in [0, 0.05) is 24.8 Å². The largest absolute Gasteiger partial charge is 0.497 e. The Morgan fingerprint density at radius 3 is 2.40 bits per heavy atom. The topological polar surface area (TPSA) is 89.5 Å². The molecule has 30 heavy (non-hydrogen) atoms. The second-order valence-electron chi connectivity index (χ2n) is 6.84. The first-order valence-corrected chi connectivity index (χ1v) is 9.86. The highest BCUT2D eigenvalue weighted by Crippen LogP contribution is 2.30. The number of aromatic nitrogens is 3. The Morgan fingerprint density at radius 2 is 1.77 bits per heavy atom. The molecule has 0 spiro atoms. The molecule has 3 aromatic rings. The Bertz CT molecular complexity index is 1080. The Hall–Kier alpha value is -3.42. The lowest BCUT2D eigenvalue weighted by Crippen LogP contribution is -2.26. The monoisotopic (exact) mass is 409 g/mol. The van der Waals surface area contributed by atoms with Crippen molar-refractivity contribution in [1.82, 2.24) is 15.0 Å². The van der Waals surface area contributed by atoms with Crippen LogP contribution in [-0.4, -0.2) is 48.2 Å². The van der Waals surface area contributed by atoms with E-state index in [2.05, 4.69) is 39.0 Å². The zero-order valence-electron chi connectivity index (χ0n) is 18.2. The fraction of sp³-hybridized carbons (Fsp3) is 0.364. The van der Waals surface area contributed by atoms with Crippen LogP contribution >= 0.6 is 0 Å². The summed E-state index contributed by atoms with van der Waals surface area (Å²) in [5.74, 6) is 1.42. The maximum atomic E-state index is 13.1. The maximum absolute atomic E-state index is 13.1. The van der Waals surface area contributed by atoms with Crippen molar-refractivity contribution in [3.8, 4) is 11.5 Å². The number of aryl methyl sites for hydroxylation is 2. The number of hydrogen-bond donors (Lipinski definition) is 1. The predicted octanol–water partition coefficient (Wildman–Crippen LogP) is 3.76. The first-order chi connectivity index (χ1) is 14.4. The van der Waals surface area contributed by atoms with Gasteiger partial charge in [-0.15, -0.1) is 0 Å². The summed E-state index contributed by atoms with van der Waals surface area (Å²) in [5, 5.41) is 3.69. The minimum absolute atomic E-state index is 0.0479. The molecule has 0 aliphatic carbocycles. The third kappa shape index (κ3) is 4.12. The first kappa shape index (κ1) is 21.3. The number of carbonyl (C=O) groups excluding carboxylic acids is 1. The third-order valence-corrected chi connectivity index (χ3v) is 4.89.